The molecule has 0 aromatic heterocycles. The molecule has 6 heteroatoms. The molecule has 3 atom stereocenters. The smallest absolute Gasteiger partial charge is 0.224 e. The van der Waals surface area contributed by atoms with Gasteiger partial charge in [0.2, 0.25) is 5.91 Å². The van der Waals surface area contributed by atoms with Crippen LogP contribution in [0.15, 0.2) is 42.5 Å². The number of carbonyl (C=O) groups is 1. The van der Waals surface area contributed by atoms with Crippen LogP contribution >= 0.6 is 23.2 Å². The van der Waals surface area contributed by atoms with Gasteiger partial charge in [0.15, 0.2) is 0 Å². The highest BCUT2D eigenvalue weighted by Gasteiger charge is 2.30. The summed E-state index contributed by atoms with van der Waals surface area (Å²) >= 11 is 12.2. The zero-order valence-corrected chi connectivity index (χ0v) is 18.6. The third-order valence-corrected chi connectivity index (χ3v) is 6.54. The molecular formula is C23H27Cl2FN2O. The number of rotatable bonds is 5. The second-order valence-electron chi connectivity index (χ2n) is 7.99. The molecule has 1 amide bonds. The SMILES string of the molecule is CC(c1cc(Cl)cc(Cl)c1)N(C)C(=O)CC1CC(c2ccc(F)cc2)CCN1C. The van der Waals surface area contributed by atoms with E-state index in [9.17, 15) is 9.18 Å². The fourth-order valence-corrected chi connectivity index (χ4v) is 4.59. The summed E-state index contributed by atoms with van der Waals surface area (Å²) in [6.45, 7) is 2.90. The first-order valence-electron chi connectivity index (χ1n) is 9.92. The Bertz CT molecular complexity index is 838. The number of piperidine rings is 1. The van der Waals surface area contributed by atoms with E-state index in [1.165, 1.54) is 12.1 Å². The molecule has 1 heterocycles. The van der Waals surface area contributed by atoms with E-state index in [1.54, 1.807) is 11.0 Å². The normalized spacial score (nSPS) is 21.0. The Morgan fingerprint density at radius 3 is 2.45 bits per heavy atom. The molecule has 2 aromatic rings. The van der Waals surface area contributed by atoms with E-state index in [-0.39, 0.29) is 23.8 Å². The lowest BCUT2D eigenvalue weighted by Gasteiger charge is -2.38. The molecule has 1 fully saturated rings. The Balaban J connectivity index is 1.66. The molecule has 0 N–H and O–H groups in total. The van der Waals surface area contributed by atoms with E-state index >= 15 is 0 Å². The van der Waals surface area contributed by atoms with Crippen LogP contribution in [-0.4, -0.2) is 42.4 Å². The molecule has 1 saturated heterocycles. The molecular weight excluding hydrogens is 410 g/mol. The monoisotopic (exact) mass is 436 g/mol. The molecule has 2 aromatic carbocycles. The number of amides is 1. The maximum absolute atomic E-state index is 13.2. The van der Waals surface area contributed by atoms with Gasteiger partial charge in [-0.1, -0.05) is 35.3 Å². The summed E-state index contributed by atoms with van der Waals surface area (Å²) in [4.78, 5) is 17.0. The summed E-state index contributed by atoms with van der Waals surface area (Å²) in [5, 5.41) is 1.13. The number of nitrogens with zero attached hydrogens (tertiary/aromatic N) is 2. The number of hydrogen-bond donors (Lipinski definition) is 0. The Kier molecular flexibility index (Phi) is 7.20. The zero-order valence-electron chi connectivity index (χ0n) is 17.0. The fraction of sp³-hybridized carbons (Fsp3) is 0.435. The minimum absolute atomic E-state index is 0.0882. The number of benzene rings is 2. The van der Waals surface area contributed by atoms with Gasteiger partial charge in [-0.2, -0.15) is 0 Å². The van der Waals surface area contributed by atoms with Crippen LogP contribution in [0.3, 0.4) is 0 Å². The highest BCUT2D eigenvalue weighted by Crippen LogP contribution is 2.33. The van der Waals surface area contributed by atoms with Crippen LogP contribution in [0, 0.1) is 5.82 Å². The van der Waals surface area contributed by atoms with Gasteiger partial charge in [0.05, 0.1) is 6.04 Å². The second kappa shape index (κ2) is 9.46. The maximum atomic E-state index is 13.2. The third kappa shape index (κ3) is 5.50. The number of halogens is 3. The van der Waals surface area contributed by atoms with Gasteiger partial charge in [0, 0.05) is 29.6 Å². The molecule has 0 saturated carbocycles. The zero-order chi connectivity index (χ0) is 21.1. The van der Waals surface area contributed by atoms with Gasteiger partial charge in [-0.3, -0.25) is 4.79 Å². The summed E-state index contributed by atoms with van der Waals surface area (Å²) in [5.74, 6) is 0.217. The highest BCUT2D eigenvalue weighted by molar-refractivity contribution is 6.34. The minimum atomic E-state index is -0.217. The van der Waals surface area contributed by atoms with Gasteiger partial charge in [0.1, 0.15) is 5.82 Å². The van der Waals surface area contributed by atoms with Gasteiger partial charge in [0.25, 0.3) is 0 Å². The predicted octanol–water partition coefficient (Wildman–Crippen LogP) is 5.92. The predicted molar refractivity (Wildman–Crippen MR) is 117 cm³/mol. The van der Waals surface area contributed by atoms with Gasteiger partial charge in [-0.15, -0.1) is 0 Å². The summed E-state index contributed by atoms with van der Waals surface area (Å²) in [5.41, 5.74) is 2.06. The molecule has 0 radical (unpaired) electrons. The molecule has 1 aliphatic heterocycles. The number of carbonyl (C=O) groups excluding carboxylic acids is 1. The van der Waals surface area contributed by atoms with Crippen LogP contribution in [0.5, 0.6) is 0 Å². The first-order valence-corrected chi connectivity index (χ1v) is 10.7. The van der Waals surface area contributed by atoms with E-state index < -0.39 is 0 Å². The van der Waals surface area contributed by atoms with Crippen LogP contribution in [0.1, 0.15) is 49.3 Å². The Labute approximate surface area is 182 Å². The molecule has 1 aliphatic rings. The van der Waals surface area contributed by atoms with Crippen LogP contribution < -0.4 is 0 Å². The van der Waals surface area contributed by atoms with Gasteiger partial charge >= 0.3 is 0 Å². The fourth-order valence-electron chi connectivity index (χ4n) is 4.05. The Morgan fingerprint density at radius 2 is 1.83 bits per heavy atom. The summed E-state index contributed by atoms with van der Waals surface area (Å²) in [7, 11) is 3.89. The molecule has 0 aliphatic carbocycles. The molecule has 3 rings (SSSR count). The van der Waals surface area contributed by atoms with Crippen molar-refractivity contribution in [1.82, 2.24) is 9.80 Å². The van der Waals surface area contributed by atoms with Gasteiger partial charge in [-0.25, -0.2) is 4.39 Å². The van der Waals surface area contributed by atoms with Crippen molar-refractivity contribution in [2.75, 3.05) is 20.6 Å². The third-order valence-electron chi connectivity index (χ3n) is 6.10. The lowest BCUT2D eigenvalue weighted by molar-refractivity contribution is -0.133. The molecule has 29 heavy (non-hydrogen) atoms. The Morgan fingerprint density at radius 1 is 1.21 bits per heavy atom. The second-order valence-corrected chi connectivity index (χ2v) is 8.87. The topological polar surface area (TPSA) is 23.6 Å². The number of hydrogen-bond acceptors (Lipinski definition) is 2. The van der Waals surface area contributed by atoms with E-state index in [4.69, 9.17) is 23.2 Å². The highest BCUT2D eigenvalue weighted by atomic mass is 35.5. The molecule has 156 valence electrons. The first kappa shape index (κ1) is 22.1. The standard InChI is InChI=1S/C23H27Cl2FN2O/c1-15(18-10-19(24)13-20(25)11-18)28(3)23(29)14-22-12-17(8-9-27(22)2)16-4-6-21(26)7-5-16/h4-7,10-11,13,15,17,22H,8-9,12,14H2,1-3H3. The Hall–Kier alpha value is -1.62. The van der Waals surface area contributed by atoms with Crippen molar-refractivity contribution in [3.05, 3.63) is 69.5 Å². The lowest BCUT2D eigenvalue weighted by atomic mass is 9.84. The largest absolute Gasteiger partial charge is 0.339 e. The van der Waals surface area contributed by atoms with Crippen molar-refractivity contribution in [3.8, 4) is 0 Å². The van der Waals surface area contributed by atoms with E-state index in [0.29, 0.717) is 22.4 Å². The van der Waals surface area contributed by atoms with E-state index in [0.717, 1.165) is 30.5 Å². The van der Waals surface area contributed by atoms with Crippen LogP contribution in [0.2, 0.25) is 10.0 Å². The van der Waals surface area contributed by atoms with E-state index in [2.05, 4.69) is 11.9 Å². The van der Waals surface area contributed by atoms with Gasteiger partial charge in [-0.05, 0) is 80.7 Å². The van der Waals surface area contributed by atoms with Crippen LogP contribution in [-0.2, 0) is 4.79 Å². The van der Waals surface area contributed by atoms with Crippen molar-refractivity contribution in [1.29, 1.82) is 0 Å². The average Bonchev–Trinajstić information content (AvgIpc) is 2.68. The lowest BCUT2D eigenvalue weighted by Crippen LogP contribution is -2.43. The van der Waals surface area contributed by atoms with Crippen molar-refractivity contribution in [3.63, 3.8) is 0 Å². The minimum Gasteiger partial charge on any atom is -0.339 e. The first-order chi connectivity index (χ1) is 13.7. The van der Waals surface area contributed by atoms with E-state index in [1.807, 2.05) is 38.2 Å². The molecule has 0 spiro atoms. The summed E-state index contributed by atoms with van der Waals surface area (Å²) < 4.78 is 13.2. The number of likely N-dealkylation sites (tertiary alicyclic amines) is 1. The molecule has 3 nitrogen and oxygen atoms in total. The van der Waals surface area contributed by atoms with Gasteiger partial charge < -0.3 is 9.80 Å². The van der Waals surface area contributed by atoms with Crippen molar-refractivity contribution in [2.45, 2.75) is 44.2 Å². The van der Waals surface area contributed by atoms with Crippen LogP contribution in [0.25, 0.3) is 0 Å². The van der Waals surface area contributed by atoms with Crippen molar-refractivity contribution < 1.29 is 9.18 Å². The maximum Gasteiger partial charge on any atom is 0.224 e. The molecule has 3 unspecified atom stereocenters. The van der Waals surface area contributed by atoms with Crippen molar-refractivity contribution >= 4 is 29.1 Å². The summed E-state index contributed by atoms with van der Waals surface area (Å²) in [6, 6.07) is 12.2. The molecule has 0 bridgehead atoms. The van der Waals surface area contributed by atoms with Crippen molar-refractivity contribution in [2.24, 2.45) is 0 Å². The average molecular weight is 437 g/mol. The summed E-state index contributed by atoms with van der Waals surface area (Å²) in [6.07, 6.45) is 2.35. The van der Waals surface area contributed by atoms with Crippen LogP contribution in [0.4, 0.5) is 4.39 Å². The quantitative estimate of drug-likeness (QED) is 0.580.